The summed E-state index contributed by atoms with van der Waals surface area (Å²) in [5, 5.41) is 0. The third kappa shape index (κ3) is 4.78. The Kier molecular flexibility index (Phi) is 6.77. The van der Waals surface area contributed by atoms with Crippen molar-refractivity contribution in [2.24, 2.45) is 5.92 Å². The van der Waals surface area contributed by atoms with Crippen LogP contribution in [0.1, 0.15) is 53.4 Å². The summed E-state index contributed by atoms with van der Waals surface area (Å²) in [6, 6.07) is 30.8. The molecule has 3 aromatic rings. The number of nitrogens with zero attached hydrogens (tertiary/aromatic N) is 2. The van der Waals surface area contributed by atoms with Gasteiger partial charge in [-0.1, -0.05) is 86.6 Å². The number of ether oxygens (including phenoxy) is 1. The lowest BCUT2D eigenvalue weighted by molar-refractivity contribution is -0.0351. The van der Waals surface area contributed by atoms with Gasteiger partial charge in [-0.15, -0.1) is 0 Å². The molecule has 182 valence electrons. The van der Waals surface area contributed by atoms with E-state index in [0.717, 1.165) is 32.6 Å². The van der Waals surface area contributed by atoms with E-state index in [1.165, 1.54) is 23.8 Å². The molecule has 2 aliphatic rings. The van der Waals surface area contributed by atoms with Crippen molar-refractivity contribution in [1.29, 1.82) is 0 Å². The molecule has 2 fully saturated rings. The second kappa shape index (κ2) is 9.96. The SMILES string of the molecule is COC(=O)c1cccc([C@]2(C)C[C@@H]3CN(Cc4ccccc4)[C@@H](c4ccccc4)CN3C[C@@H]2C)c1. The molecule has 5 rings (SSSR count). The van der Waals surface area contributed by atoms with Crippen molar-refractivity contribution in [3.05, 3.63) is 107 Å². The predicted molar refractivity (Wildman–Crippen MR) is 140 cm³/mol. The first-order valence-electron chi connectivity index (χ1n) is 12.7. The molecule has 0 N–H and O–H groups in total. The molecular formula is C31H36N2O2. The summed E-state index contributed by atoms with van der Waals surface area (Å²) in [4.78, 5) is 17.6. The van der Waals surface area contributed by atoms with Crippen molar-refractivity contribution < 1.29 is 9.53 Å². The third-order valence-corrected chi connectivity index (χ3v) is 8.42. The lowest BCUT2D eigenvalue weighted by Crippen LogP contribution is -2.61. The summed E-state index contributed by atoms with van der Waals surface area (Å²) in [5.74, 6) is 0.210. The third-order valence-electron chi connectivity index (χ3n) is 8.42. The molecule has 0 saturated carbocycles. The van der Waals surface area contributed by atoms with Gasteiger partial charge in [0.05, 0.1) is 12.7 Å². The van der Waals surface area contributed by atoms with Gasteiger partial charge in [0, 0.05) is 38.3 Å². The van der Waals surface area contributed by atoms with E-state index in [1.54, 1.807) is 0 Å². The van der Waals surface area contributed by atoms with Crippen molar-refractivity contribution >= 4 is 5.97 Å². The molecule has 3 aromatic carbocycles. The number of hydrogen-bond acceptors (Lipinski definition) is 4. The van der Waals surface area contributed by atoms with E-state index in [-0.39, 0.29) is 11.4 Å². The van der Waals surface area contributed by atoms with E-state index in [0.29, 0.717) is 23.6 Å². The van der Waals surface area contributed by atoms with E-state index in [2.05, 4.69) is 96.4 Å². The van der Waals surface area contributed by atoms with Crippen molar-refractivity contribution in [3.63, 3.8) is 0 Å². The molecule has 0 amide bonds. The molecular weight excluding hydrogens is 432 g/mol. The van der Waals surface area contributed by atoms with Crippen LogP contribution in [0.15, 0.2) is 84.9 Å². The number of fused-ring (bicyclic) bond motifs is 1. The Balaban J connectivity index is 1.43. The first-order chi connectivity index (χ1) is 17.0. The highest BCUT2D eigenvalue weighted by Gasteiger charge is 2.46. The van der Waals surface area contributed by atoms with Gasteiger partial charge in [-0.3, -0.25) is 9.80 Å². The number of methoxy groups -OCH3 is 1. The average Bonchev–Trinajstić information content (AvgIpc) is 2.90. The fraction of sp³-hybridized carbons (Fsp3) is 0.387. The summed E-state index contributed by atoms with van der Waals surface area (Å²) in [5.41, 5.74) is 4.64. The van der Waals surface area contributed by atoms with Crippen LogP contribution < -0.4 is 0 Å². The monoisotopic (exact) mass is 468 g/mol. The van der Waals surface area contributed by atoms with Crippen molar-refractivity contribution in [3.8, 4) is 0 Å². The van der Waals surface area contributed by atoms with Crippen LogP contribution in [0.25, 0.3) is 0 Å². The largest absolute Gasteiger partial charge is 0.465 e. The molecule has 0 radical (unpaired) electrons. The minimum Gasteiger partial charge on any atom is -0.465 e. The smallest absolute Gasteiger partial charge is 0.337 e. The molecule has 0 aliphatic carbocycles. The fourth-order valence-corrected chi connectivity index (χ4v) is 6.17. The van der Waals surface area contributed by atoms with Crippen molar-refractivity contribution in [2.75, 3.05) is 26.7 Å². The second-order valence-corrected chi connectivity index (χ2v) is 10.5. The van der Waals surface area contributed by atoms with Crippen LogP contribution >= 0.6 is 0 Å². The quantitative estimate of drug-likeness (QED) is 0.450. The highest BCUT2D eigenvalue weighted by Crippen LogP contribution is 2.45. The summed E-state index contributed by atoms with van der Waals surface area (Å²) in [6.45, 7) is 8.85. The van der Waals surface area contributed by atoms with E-state index in [9.17, 15) is 4.79 Å². The second-order valence-electron chi connectivity index (χ2n) is 10.5. The molecule has 35 heavy (non-hydrogen) atoms. The van der Waals surface area contributed by atoms with Crippen LogP contribution in [-0.4, -0.2) is 48.6 Å². The molecule has 2 heterocycles. The minimum atomic E-state index is -0.266. The van der Waals surface area contributed by atoms with Crippen molar-refractivity contribution in [2.45, 2.75) is 44.3 Å². The number of carbonyl (C=O) groups excluding carboxylic acids is 1. The first kappa shape index (κ1) is 23.8. The maximum atomic E-state index is 12.2. The molecule has 4 atom stereocenters. The topological polar surface area (TPSA) is 32.8 Å². The van der Waals surface area contributed by atoms with Crippen LogP contribution in [0.3, 0.4) is 0 Å². The van der Waals surface area contributed by atoms with Gasteiger partial charge in [0.1, 0.15) is 0 Å². The summed E-state index contributed by atoms with van der Waals surface area (Å²) >= 11 is 0. The van der Waals surface area contributed by atoms with Gasteiger partial charge < -0.3 is 4.74 Å². The highest BCUT2D eigenvalue weighted by atomic mass is 16.5. The van der Waals surface area contributed by atoms with E-state index >= 15 is 0 Å². The number of esters is 1. The molecule has 0 aromatic heterocycles. The Bertz CT molecular complexity index is 1150. The summed E-state index contributed by atoms with van der Waals surface area (Å²) in [6.07, 6.45) is 1.07. The van der Waals surface area contributed by atoms with Gasteiger partial charge in [0.15, 0.2) is 0 Å². The lowest BCUT2D eigenvalue weighted by Gasteiger charge is -2.55. The number of rotatable bonds is 5. The highest BCUT2D eigenvalue weighted by molar-refractivity contribution is 5.89. The number of piperidine rings is 1. The molecule has 4 nitrogen and oxygen atoms in total. The normalized spacial score (nSPS) is 27.2. The number of benzene rings is 3. The van der Waals surface area contributed by atoms with E-state index in [4.69, 9.17) is 4.74 Å². The van der Waals surface area contributed by atoms with Crippen LogP contribution in [0.5, 0.6) is 0 Å². The Morgan fingerprint density at radius 3 is 2.37 bits per heavy atom. The Labute approximate surface area is 209 Å². The standard InChI is InChI=1S/C31H36N2O2/c1-23-19-32-22-29(25-13-8-5-9-14-25)33(20-24-11-6-4-7-12-24)21-28(32)18-31(23,2)27-16-10-15-26(17-27)30(34)35-3/h4-17,23,28-29H,18-22H2,1-3H3/t23-,28+,29+,31+/m0/s1. The molecule has 2 aliphatic heterocycles. The number of hydrogen-bond donors (Lipinski definition) is 0. The Morgan fingerprint density at radius 1 is 0.943 bits per heavy atom. The zero-order chi connectivity index (χ0) is 24.4. The van der Waals surface area contributed by atoms with E-state index in [1.807, 2.05) is 12.1 Å². The summed E-state index contributed by atoms with van der Waals surface area (Å²) in [7, 11) is 1.45. The molecule has 0 bridgehead atoms. The maximum absolute atomic E-state index is 12.2. The predicted octanol–water partition coefficient (Wildman–Crippen LogP) is 5.70. The zero-order valence-electron chi connectivity index (χ0n) is 21.1. The Hall–Kier alpha value is -2.95. The fourth-order valence-electron chi connectivity index (χ4n) is 6.17. The van der Waals surface area contributed by atoms with Crippen LogP contribution in [0, 0.1) is 5.92 Å². The van der Waals surface area contributed by atoms with Crippen molar-refractivity contribution in [1.82, 2.24) is 9.80 Å². The minimum absolute atomic E-state index is 0.00317. The summed E-state index contributed by atoms with van der Waals surface area (Å²) < 4.78 is 4.99. The number of carbonyl (C=O) groups is 1. The van der Waals surface area contributed by atoms with Gasteiger partial charge in [0.25, 0.3) is 0 Å². The van der Waals surface area contributed by atoms with Gasteiger partial charge in [-0.2, -0.15) is 0 Å². The molecule has 4 heteroatoms. The van der Waals surface area contributed by atoms with Crippen LogP contribution in [-0.2, 0) is 16.7 Å². The van der Waals surface area contributed by atoms with Crippen LogP contribution in [0.2, 0.25) is 0 Å². The van der Waals surface area contributed by atoms with E-state index < -0.39 is 0 Å². The molecule has 0 spiro atoms. The Morgan fingerprint density at radius 2 is 1.66 bits per heavy atom. The zero-order valence-corrected chi connectivity index (χ0v) is 21.1. The van der Waals surface area contributed by atoms with Gasteiger partial charge in [-0.05, 0) is 46.6 Å². The molecule has 2 saturated heterocycles. The molecule has 0 unspecified atom stereocenters. The first-order valence-corrected chi connectivity index (χ1v) is 12.7. The van der Waals surface area contributed by atoms with Gasteiger partial charge in [-0.25, -0.2) is 4.79 Å². The maximum Gasteiger partial charge on any atom is 0.337 e. The number of piperazine rings is 1. The van der Waals surface area contributed by atoms with Gasteiger partial charge in [0.2, 0.25) is 0 Å². The average molecular weight is 469 g/mol. The lowest BCUT2D eigenvalue weighted by atomic mass is 9.65. The van der Waals surface area contributed by atoms with Gasteiger partial charge >= 0.3 is 5.97 Å². The van der Waals surface area contributed by atoms with Crippen LogP contribution in [0.4, 0.5) is 0 Å².